The van der Waals surface area contributed by atoms with E-state index in [4.69, 9.17) is 10.00 Å². The molecule has 1 atom stereocenters. The predicted octanol–water partition coefficient (Wildman–Crippen LogP) is 3.63. The first-order valence-corrected chi connectivity index (χ1v) is 7.05. The van der Waals surface area contributed by atoms with E-state index in [1.54, 1.807) is 12.1 Å². The Kier molecular flexibility index (Phi) is 5.36. The van der Waals surface area contributed by atoms with E-state index in [-0.39, 0.29) is 6.10 Å². The molecule has 0 radical (unpaired) electrons. The molecule has 0 saturated heterocycles. The standard InChI is InChI=1S/C18H20N2O/c1-20(2)13-12-18(16-6-4-3-5-7-16)21-17-10-8-15(14-19)9-11-17/h3-11,18H,12-13H2,1-2H3. The molecular weight excluding hydrogens is 260 g/mol. The van der Waals surface area contributed by atoms with Crippen molar-refractivity contribution in [3.05, 3.63) is 65.7 Å². The summed E-state index contributed by atoms with van der Waals surface area (Å²) < 4.78 is 6.11. The van der Waals surface area contributed by atoms with Gasteiger partial charge in [0, 0.05) is 13.0 Å². The summed E-state index contributed by atoms with van der Waals surface area (Å²) in [6.45, 7) is 0.954. The lowest BCUT2D eigenvalue weighted by Crippen LogP contribution is -2.18. The highest BCUT2D eigenvalue weighted by Gasteiger charge is 2.13. The smallest absolute Gasteiger partial charge is 0.125 e. The van der Waals surface area contributed by atoms with Crippen LogP contribution in [0.25, 0.3) is 0 Å². The summed E-state index contributed by atoms with van der Waals surface area (Å²) in [6, 6.07) is 19.6. The van der Waals surface area contributed by atoms with E-state index in [1.165, 1.54) is 5.56 Å². The number of benzene rings is 2. The Bertz CT molecular complexity index is 585. The minimum Gasteiger partial charge on any atom is -0.486 e. The zero-order chi connectivity index (χ0) is 15.1. The third-order valence-electron chi connectivity index (χ3n) is 3.27. The van der Waals surface area contributed by atoms with Crippen molar-refractivity contribution in [3.8, 4) is 11.8 Å². The summed E-state index contributed by atoms with van der Waals surface area (Å²) >= 11 is 0. The summed E-state index contributed by atoms with van der Waals surface area (Å²) in [6.07, 6.45) is 0.929. The topological polar surface area (TPSA) is 36.3 Å². The van der Waals surface area contributed by atoms with Crippen LogP contribution >= 0.6 is 0 Å². The van der Waals surface area contributed by atoms with Gasteiger partial charge in [-0.05, 0) is 43.9 Å². The molecule has 21 heavy (non-hydrogen) atoms. The van der Waals surface area contributed by atoms with E-state index < -0.39 is 0 Å². The molecule has 0 amide bonds. The van der Waals surface area contributed by atoms with Crippen molar-refractivity contribution < 1.29 is 4.74 Å². The second-order valence-electron chi connectivity index (χ2n) is 5.25. The largest absolute Gasteiger partial charge is 0.486 e. The fourth-order valence-electron chi connectivity index (χ4n) is 2.11. The predicted molar refractivity (Wildman–Crippen MR) is 84.1 cm³/mol. The van der Waals surface area contributed by atoms with Gasteiger partial charge in [-0.2, -0.15) is 5.26 Å². The van der Waals surface area contributed by atoms with Gasteiger partial charge in [0.2, 0.25) is 0 Å². The average molecular weight is 280 g/mol. The van der Waals surface area contributed by atoms with Crippen LogP contribution in [0.3, 0.4) is 0 Å². The maximum absolute atomic E-state index is 8.84. The lowest BCUT2D eigenvalue weighted by Gasteiger charge is -2.21. The third-order valence-corrected chi connectivity index (χ3v) is 3.27. The summed E-state index contributed by atoms with van der Waals surface area (Å²) in [5.41, 5.74) is 1.82. The molecule has 108 valence electrons. The number of nitrogens with zero attached hydrogens (tertiary/aromatic N) is 2. The first kappa shape index (κ1) is 15.1. The van der Waals surface area contributed by atoms with Gasteiger partial charge in [0.1, 0.15) is 11.9 Å². The van der Waals surface area contributed by atoms with Gasteiger partial charge in [-0.1, -0.05) is 30.3 Å². The molecule has 0 heterocycles. The Labute approximate surface area is 126 Å². The van der Waals surface area contributed by atoms with Crippen LogP contribution in [0, 0.1) is 11.3 Å². The quantitative estimate of drug-likeness (QED) is 0.810. The van der Waals surface area contributed by atoms with E-state index in [1.807, 2.05) is 30.3 Å². The number of nitriles is 1. The minimum atomic E-state index is 0.0153. The molecule has 2 rings (SSSR count). The fourth-order valence-corrected chi connectivity index (χ4v) is 2.11. The monoisotopic (exact) mass is 280 g/mol. The Morgan fingerprint density at radius 2 is 1.71 bits per heavy atom. The number of hydrogen-bond donors (Lipinski definition) is 0. The molecule has 2 aromatic carbocycles. The molecule has 3 heteroatoms. The van der Waals surface area contributed by atoms with Crippen LogP contribution < -0.4 is 4.74 Å². The lowest BCUT2D eigenvalue weighted by atomic mass is 10.1. The minimum absolute atomic E-state index is 0.0153. The Balaban J connectivity index is 2.13. The normalized spacial score (nSPS) is 11.9. The Hall–Kier alpha value is -2.31. The molecule has 0 bridgehead atoms. The molecule has 0 fully saturated rings. The first-order chi connectivity index (χ1) is 10.2. The number of rotatable bonds is 6. The zero-order valence-electron chi connectivity index (χ0n) is 12.5. The zero-order valence-corrected chi connectivity index (χ0v) is 12.5. The van der Waals surface area contributed by atoms with Crippen molar-refractivity contribution in [1.29, 1.82) is 5.26 Å². The van der Waals surface area contributed by atoms with Crippen molar-refractivity contribution in [2.75, 3.05) is 20.6 Å². The van der Waals surface area contributed by atoms with Gasteiger partial charge in [0.05, 0.1) is 11.6 Å². The number of ether oxygens (including phenoxy) is 1. The van der Waals surface area contributed by atoms with Crippen LogP contribution in [-0.4, -0.2) is 25.5 Å². The van der Waals surface area contributed by atoms with E-state index in [9.17, 15) is 0 Å². The molecule has 0 aliphatic heterocycles. The average Bonchev–Trinajstić information content (AvgIpc) is 2.52. The molecule has 0 N–H and O–H groups in total. The van der Waals surface area contributed by atoms with Crippen molar-refractivity contribution in [2.45, 2.75) is 12.5 Å². The highest BCUT2D eigenvalue weighted by molar-refractivity contribution is 5.35. The fraction of sp³-hybridized carbons (Fsp3) is 0.278. The van der Waals surface area contributed by atoms with E-state index in [2.05, 4.69) is 37.2 Å². The Morgan fingerprint density at radius 1 is 1.05 bits per heavy atom. The van der Waals surface area contributed by atoms with Crippen molar-refractivity contribution in [3.63, 3.8) is 0 Å². The SMILES string of the molecule is CN(C)CCC(Oc1ccc(C#N)cc1)c1ccccc1. The van der Waals surface area contributed by atoms with Crippen molar-refractivity contribution >= 4 is 0 Å². The molecule has 3 nitrogen and oxygen atoms in total. The van der Waals surface area contributed by atoms with Crippen LogP contribution in [-0.2, 0) is 0 Å². The van der Waals surface area contributed by atoms with Gasteiger partial charge in [-0.15, -0.1) is 0 Å². The molecule has 0 saturated carbocycles. The maximum atomic E-state index is 8.84. The summed E-state index contributed by atoms with van der Waals surface area (Å²) in [5, 5.41) is 8.84. The molecule has 0 aliphatic carbocycles. The summed E-state index contributed by atoms with van der Waals surface area (Å²) in [7, 11) is 4.12. The van der Waals surface area contributed by atoms with Gasteiger partial charge in [0.15, 0.2) is 0 Å². The van der Waals surface area contributed by atoms with Crippen molar-refractivity contribution in [1.82, 2.24) is 4.90 Å². The molecule has 2 aromatic rings. The maximum Gasteiger partial charge on any atom is 0.125 e. The van der Waals surface area contributed by atoms with Gasteiger partial charge in [-0.3, -0.25) is 0 Å². The molecular formula is C18H20N2O. The summed E-state index contributed by atoms with van der Waals surface area (Å²) in [5.74, 6) is 0.793. The van der Waals surface area contributed by atoms with E-state index in [0.29, 0.717) is 5.56 Å². The van der Waals surface area contributed by atoms with Gasteiger partial charge < -0.3 is 9.64 Å². The van der Waals surface area contributed by atoms with Crippen LogP contribution in [0.15, 0.2) is 54.6 Å². The van der Waals surface area contributed by atoms with Crippen LogP contribution in [0.4, 0.5) is 0 Å². The highest BCUT2D eigenvalue weighted by atomic mass is 16.5. The Morgan fingerprint density at radius 3 is 2.29 bits per heavy atom. The van der Waals surface area contributed by atoms with Crippen LogP contribution in [0.1, 0.15) is 23.7 Å². The van der Waals surface area contributed by atoms with Gasteiger partial charge in [0.25, 0.3) is 0 Å². The van der Waals surface area contributed by atoms with Gasteiger partial charge in [-0.25, -0.2) is 0 Å². The second-order valence-corrected chi connectivity index (χ2v) is 5.25. The molecule has 0 aromatic heterocycles. The molecule has 1 unspecified atom stereocenters. The molecule has 0 spiro atoms. The lowest BCUT2D eigenvalue weighted by molar-refractivity contribution is 0.179. The first-order valence-electron chi connectivity index (χ1n) is 7.05. The van der Waals surface area contributed by atoms with E-state index >= 15 is 0 Å². The number of hydrogen-bond acceptors (Lipinski definition) is 3. The summed E-state index contributed by atoms with van der Waals surface area (Å²) in [4.78, 5) is 2.15. The second kappa shape index (κ2) is 7.47. The third kappa shape index (κ3) is 4.62. The van der Waals surface area contributed by atoms with Gasteiger partial charge >= 0.3 is 0 Å². The molecule has 0 aliphatic rings. The van der Waals surface area contributed by atoms with Crippen LogP contribution in [0.5, 0.6) is 5.75 Å². The highest BCUT2D eigenvalue weighted by Crippen LogP contribution is 2.25. The van der Waals surface area contributed by atoms with Crippen LogP contribution in [0.2, 0.25) is 0 Å². The van der Waals surface area contributed by atoms with E-state index in [0.717, 1.165) is 18.7 Å². The van der Waals surface area contributed by atoms with Crippen molar-refractivity contribution in [2.24, 2.45) is 0 Å².